The molecule has 2 atom stereocenters. The van der Waals surface area contributed by atoms with E-state index in [1.807, 2.05) is 18.0 Å². The highest BCUT2D eigenvalue weighted by Crippen LogP contribution is 2.19. The maximum Gasteiger partial charge on any atom is 0.0502 e. The molecule has 0 radical (unpaired) electrons. The first-order valence-electron chi connectivity index (χ1n) is 2.94. The van der Waals surface area contributed by atoms with Crippen LogP contribution < -0.4 is 0 Å². The minimum Gasteiger partial charge on any atom is -0.295 e. The molecule has 0 saturated heterocycles. The monoisotopic (exact) mass is 129 g/mol. The van der Waals surface area contributed by atoms with Crippen LogP contribution in [0.1, 0.15) is 13.8 Å². The summed E-state index contributed by atoms with van der Waals surface area (Å²) in [7, 11) is 0. The van der Waals surface area contributed by atoms with Crippen molar-refractivity contribution in [3.8, 4) is 0 Å². The highest BCUT2D eigenvalue weighted by molar-refractivity contribution is 8.01. The third-order valence-corrected chi connectivity index (χ3v) is 2.29. The van der Waals surface area contributed by atoms with E-state index in [9.17, 15) is 0 Å². The van der Waals surface area contributed by atoms with E-state index in [0.717, 1.165) is 11.8 Å². The molecule has 1 rings (SSSR count). The second-order valence-electron chi connectivity index (χ2n) is 2.17. The van der Waals surface area contributed by atoms with E-state index in [0.29, 0.717) is 5.25 Å². The fraction of sp³-hybridized carbons (Fsp3) is 0.833. The summed E-state index contributed by atoms with van der Waals surface area (Å²) in [5, 5.41) is 1.37. The van der Waals surface area contributed by atoms with Crippen LogP contribution in [-0.2, 0) is 0 Å². The van der Waals surface area contributed by atoms with Gasteiger partial charge in [0.2, 0.25) is 0 Å². The zero-order chi connectivity index (χ0) is 5.98. The fourth-order valence-electron chi connectivity index (χ4n) is 0.802. The molecule has 0 fully saturated rings. The van der Waals surface area contributed by atoms with Crippen LogP contribution >= 0.6 is 11.8 Å². The van der Waals surface area contributed by atoms with Gasteiger partial charge in [0.05, 0.1) is 6.54 Å². The summed E-state index contributed by atoms with van der Waals surface area (Å²) >= 11 is 1.99. The van der Waals surface area contributed by atoms with Crippen molar-refractivity contribution in [2.24, 2.45) is 4.99 Å². The molecule has 0 amide bonds. The molecular weight excluding hydrogens is 118 g/mol. The standard InChI is InChI=1S/C6H11NS/c1-5-3-7-4-6(2)8-5/h3,5-6H,4H2,1-2H3. The smallest absolute Gasteiger partial charge is 0.0502 e. The van der Waals surface area contributed by atoms with Crippen molar-refractivity contribution in [2.75, 3.05) is 6.54 Å². The lowest BCUT2D eigenvalue weighted by Gasteiger charge is -2.16. The maximum absolute atomic E-state index is 4.19. The molecule has 1 aliphatic rings. The quantitative estimate of drug-likeness (QED) is 0.483. The number of hydrogen-bond donors (Lipinski definition) is 0. The zero-order valence-electron chi connectivity index (χ0n) is 5.29. The molecule has 0 N–H and O–H groups in total. The van der Waals surface area contributed by atoms with Gasteiger partial charge in [-0.05, 0) is 6.92 Å². The summed E-state index contributed by atoms with van der Waals surface area (Å²) in [4.78, 5) is 4.19. The van der Waals surface area contributed by atoms with Crippen molar-refractivity contribution >= 4 is 18.0 Å². The molecule has 0 aromatic heterocycles. The lowest BCUT2D eigenvalue weighted by atomic mass is 10.4. The molecular formula is C6H11NS. The molecule has 1 nitrogen and oxygen atoms in total. The van der Waals surface area contributed by atoms with Gasteiger partial charge in [-0.1, -0.05) is 6.92 Å². The SMILES string of the molecule is CC1C=NCC(C)S1. The number of hydrogen-bond acceptors (Lipinski definition) is 2. The van der Waals surface area contributed by atoms with Crippen molar-refractivity contribution in [1.29, 1.82) is 0 Å². The first-order chi connectivity index (χ1) is 3.79. The van der Waals surface area contributed by atoms with E-state index in [4.69, 9.17) is 0 Å². The number of nitrogens with zero attached hydrogens (tertiary/aromatic N) is 1. The third kappa shape index (κ3) is 1.51. The topological polar surface area (TPSA) is 12.4 Å². The Balaban J connectivity index is 2.42. The molecule has 0 bridgehead atoms. The van der Waals surface area contributed by atoms with Crippen molar-refractivity contribution in [2.45, 2.75) is 24.3 Å². The average molecular weight is 129 g/mol. The molecule has 0 aliphatic carbocycles. The van der Waals surface area contributed by atoms with Crippen molar-refractivity contribution < 1.29 is 0 Å². The minimum absolute atomic E-state index is 0.638. The molecule has 8 heavy (non-hydrogen) atoms. The summed E-state index contributed by atoms with van der Waals surface area (Å²) in [6.45, 7) is 5.41. The second kappa shape index (κ2) is 2.53. The normalized spacial score (nSPS) is 37.8. The molecule has 0 spiro atoms. The molecule has 0 saturated carbocycles. The molecule has 1 aliphatic heterocycles. The number of rotatable bonds is 0. The molecule has 0 aromatic rings. The van der Waals surface area contributed by atoms with E-state index in [2.05, 4.69) is 18.8 Å². The van der Waals surface area contributed by atoms with Gasteiger partial charge in [0.25, 0.3) is 0 Å². The molecule has 2 heteroatoms. The van der Waals surface area contributed by atoms with Crippen LogP contribution in [-0.4, -0.2) is 23.3 Å². The van der Waals surface area contributed by atoms with Gasteiger partial charge >= 0.3 is 0 Å². The Morgan fingerprint density at radius 1 is 1.62 bits per heavy atom. The van der Waals surface area contributed by atoms with Gasteiger partial charge < -0.3 is 0 Å². The summed E-state index contributed by atoms with van der Waals surface area (Å²) in [5.74, 6) is 0. The Hall–Kier alpha value is 0.0200. The van der Waals surface area contributed by atoms with Crippen LogP contribution in [0, 0.1) is 0 Å². The lowest BCUT2D eigenvalue weighted by Crippen LogP contribution is -2.14. The van der Waals surface area contributed by atoms with Crippen molar-refractivity contribution in [3.05, 3.63) is 0 Å². The van der Waals surface area contributed by atoms with Crippen LogP contribution in [0.2, 0.25) is 0 Å². The fourth-order valence-corrected chi connectivity index (χ4v) is 1.86. The van der Waals surface area contributed by atoms with Gasteiger partial charge in [0, 0.05) is 16.7 Å². The molecule has 2 unspecified atom stereocenters. The van der Waals surface area contributed by atoms with Crippen LogP contribution in [0.25, 0.3) is 0 Å². The van der Waals surface area contributed by atoms with E-state index in [1.165, 1.54) is 0 Å². The largest absolute Gasteiger partial charge is 0.295 e. The Morgan fingerprint density at radius 3 is 2.75 bits per heavy atom. The van der Waals surface area contributed by atoms with E-state index in [-0.39, 0.29) is 0 Å². The number of thioether (sulfide) groups is 1. The summed E-state index contributed by atoms with van der Waals surface area (Å²) in [6.07, 6.45) is 2.03. The van der Waals surface area contributed by atoms with Crippen LogP contribution in [0.4, 0.5) is 0 Å². The first kappa shape index (κ1) is 6.14. The number of aliphatic imine (C=N–C) groups is 1. The summed E-state index contributed by atoms with van der Waals surface area (Å²) in [5.41, 5.74) is 0. The minimum atomic E-state index is 0.638. The Morgan fingerprint density at radius 2 is 2.38 bits per heavy atom. The Bertz CT molecular complexity index is 101. The zero-order valence-corrected chi connectivity index (χ0v) is 6.11. The molecule has 1 heterocycles. The highest BCUT2D eigenvalue weighted by Gasteiger charge is 2.09. The first-order valence-corrected chi connectivity index (χ1v) is 3.88. The van der Waals surface area contributed by atoms with Gasteiger partial charge in [0.1, 0.15) is 0 Å². The van der Waals surface area contributed by atoms with Crippen molar-refractivity contribution in [3.63, 3.8) is 0 Å². The third-order valence-electron chi connectivity index (χ3n) is 1.12. The summed E-state index contributed by atoms with van der Waals surface area (Å²) < 4.78 is 0. The van der Waals surface area contributed by atoms with Gasteiger partial charge in [-0.3, -0.25) is 4.99 Å². The van der Waals surface area contributed by atoms with E-state index < -0.39 is 0 Å². The average Bonchev–Trinajstić information content (AvgIpc) is 1.64. The summed E-state index contributed by atoms with van der Waals surface area (Å²) in [6, 6.07) is 0. The van der Waals surface area contributed by atoms with Gasteiger partial charge in [-0.15, -0.1) is 11.8 Å². The van der Waals surface area contributed by atoms with E-state index >= 15 is 0 Å². The second-order valence-corrected chi connectivity index (χ2v) is 3.99. The highest BCUT2D eigenvalue weighted by atomic mass is 32.2. The van der Waals surface area contributed by atoms with Crippen LogP contribution in [0.15, 0.2) is 4.99 Å². The predicted octanol–water partition coefficient (Wildman–Crippen LogP) is 1.58. The van der Waals surface area contributed by atoms with E-state index in [1.54, 1.807) is 0 Å². The Kier molecular flexibility index (Phi) is 1.95. The molecule has 46 valence electrons. The van der Waals surface area contributed by atoms with Crippen LogP contribution in [0.3, 0.4) is 0 Å². The van der Waals surface area contributed by atoms with Gasteiger partial charge in [-0.25, -0.2) is 0 Å². The lowest BCUT2D eigenvalue weighted by molar-refractivity contribution is 0.933. The maximum atomic E-state index is 4.19. The predicted molar refractivity (Wildman–Crippen MR) is 39.9 cm³/mol. The molecule has 0 aromatic carbocycles. The van der Waals surface area contributed by atoms with Crippen molar-refractivity contribution in [1.82, 2.24) is 0 Å². The van der Waals surface area contributed by atoms with Gasteiger partial charge in [0.15, 0.2) is 0 Å². The van der Waals surface area contributed by atoms with Gasteiger partial charge in [-0.2, -0.15) is 0 Å². The van der Waals surface area contributed by atoms with Crippen LogP contribution in [0.5, 0.6) is 0 Å². The Labute approximate surface area is 54.6 Å².